The van der Waals surface area contributed by atoms with E-state index in [0.717, 1.165) is 5.56 Å². The molecule has 1 fully saturated rings. The lowest BCUT2D eigenvalue weighted by Crippen LogP contribution is -1.94. The van der Waals surface area contributed by atoms with Crippen LogP contribution in [0.1, 0.15) is 31.4 Å². The summed E-state index contributed by atoms with van der Waals surface area (Å²) in [5, 5.41) is 10.6. The Hall–Kier alpha value is -0.790. The minimum absolute atomic E-state index is 0.497. The van der Waals surface area contributed by atoms with E-state index in [9.17, 15) is 5.11 Å². The van der Waals surface area contributed by atoms with E-state index >= 15 is 0 Å². The Labute approximate surface area is 95.4 Å². The number of hydrogen-bond donors (Lipinski definition) is 1. The van der Waals surface area contributed by atoms with Crippen LogP contribution in [-0.4, -0.2) is 5.11 Å². The van der Waals surface area contributed by atoms with Crippen molar-refractivity contribution in [2.75, 3.05) is 0 Å². The molecule has 1 atom stereocenters. The van der Waals surface area contributed by atoms with E-state index in [4.69, 9.17) is 11.6 Å². The molecule has 0 amide bonds. The minimum Gasteiger partial charge on any atom is -0.384 e. The van der Waals surface area contributed by atoms with Gasteiger partial charge in [0.15, 0.2) is 0 Å². The molecule has 80 valence electrons. The standard InChI is InChI=1S/C13H15ClO/c1-9(10-2-3-10)8-13(15)11-4-6-12(14)7-5-11/h4-8,10,13,15H,2-3H2,1H3/b9-8+/t13-/m1/s1. The molecule has 1 N–H and O–H groups in total. The molecule has 0 heterocycles. The lowest BCUT2D eigenvalue weighted by Gasteiger charge is -2.08. The Balaban J connectivity index is 2.09. The molecule has 15 heavy (non-hydrogen) atoms. The molecule has 2 rings (SSSR count). The Bertz CT molecular complexity index is 363. The highest BCUT2D eigenvalue weighted by Gasteiger charge is 2.23. The number of allylic oxidation sites excluding steroid dienone is 1. The van der Waals surface area contributed by atoms with Gasteiger partial charge in [-0.05, 0) is 43.4 Å². The zero-order valence-corrected chi connectivity index (χ0v) is 9.54. The molecule has 1 saturated carbocycles. The van der Waals surface area contributed by atoms with Crippen molar-refractivity contribution in [3.8, 4) is 0 Å². The van der Waals surface area contributed by atoms with Gasteiger partial charge in [0.1, 0.15) is 0 Å². The Morgan fingerprint density at radius 2 is 2.00 bits per heavy atom. The molecule has 1 nitrogen and oxygen atoms in total. The van der Waals surface area contributed by atoms with E-state index in [0.29, 0.717) is 10.9 Å². The third-order valence-electron chi connectivity index (χ3n) is 2.85. The van der Waals surface area contributed by atoms with Crippen LogP contribution in [0.4, 0.5) is 0 Å². The largest absolute Gasteiger partial charge is 0.384 e. The predicted octanol–water partition coefficient (Wildman–Crippen LogP) is 3.73. The fourth-order valence-electron chi connectivity index (χ4n) is 1.68. The zero-order chi connectivity index (χ0) is 10.8. The first-order chi connectivity index (χ1) is 7.16. The average molecular weight is 223 g/mol. The molecular weight excluding hydrogens is 208 g/mol. The topological polar surface area (TPSA) is 20.2 Å². The Morgan fingerprint density at radius 1 is 1.40 bits per heavy atom. The zero-order valence-electron chi connectivity index (χ0n) is 8.78. The first kappa shape index (κ1) is 10.7. The van der Waals surface area contributed by atoms with E-state index in [1.807, 2.05) is 18.2 Å². The van der Waals surface area contributed by atoms with Gasteiger partial charge in [-0.3, -0.25) is 0 Å². The van der Waals surface area contributed by atoms with Crippen LogP contribution in [-0.2, 0) is 0 Å². The number of aliphatic hydroxyl groups excluding tert-OH is 1. The summed E-state index contributed by atoms with van der Waals surface area (Å²) >= 11 is 5.79. The van der Waals surface area contributed by atoms with Crippen LogP contribution in [0.25, 0.3) is 0 Å². The van der Waals surface area contributed by atoms with Crippen LogP contribution in [0.5, 0.6) is 0 Å². The molecule has 0 unspecified atom stereocenters. The van der Waals surface area contributed by atoms with Crippen LogP contribution < -0.4 is 0 Å². The molecule has 0 aromatic heterocycles. The maximum absolute atomic E-state index is 9.94. The second-order valence-corrected chi connectivity index (χ2v) is 4.62. The maximum atomic E-state index is 9.94. The Kier molecular flexibility index (Phi) is 3.13. The van der Waals surface area contributed by atoms with Gasteiger partial charge >= 0.3 is 0 Å². The van der Waals surface area contributed by atoms with Gasteiger partial charge in [-0.2, -0.15) is 0 Å². The number of hydrogen-bond acceptors (Lipinski definition) is 1. The van der Waals surface area contributed by atoms with E-state index in [2.05, 4.69) is 6.92 Å². The summed E-state index contributed by atoms with van der Waals surface area (Å²) in [7, 11) is 0. The number of halogens is 1. The van der Waals surface area contributed by atoms with Crippen molar-refractivity contribution in [1.29, 1.82) is 0 Å². The van der Waals surface area contributed by atoms with Gasteiger partial charge < -0.3 is 5.11 Å². The van der Waals surface area contributed by atoms with Gasteiger partial charge in [-0.1, -0.05) is 35.4 Å². The fraction of sp³-hybridized carbons (Fsp3) is 0.385. The quantitative estimate of drug-likeness (QED) is 0.773. The fourth-order valence-corrected chi connectivity index (χ4v) is 1.81. The van der Waals surface area contributed by atoms with Crippen molar-refractivity contribution in [1.82, 2.24) is 0 Å². The van der Waals surface area contributed by atoms with E-state index in [-0.39, 0.29) is 0 Å². The van der Waals surface area contributed by atoms with Crippen LogP contribution in [0.15, 0.2) is 35.9 Å². The van der Waals surface area contributed by atoms with Crippen molar-refractivity contribution >= 4 is 11.6 Å². The molecule has 0 saturated heterocycles. The van der Waals surface area contributed by atoms with Crippen molar-refractivity contribution in [2.45, 2.75) is 25.9 Å². The maximum Gasteiger partial charge on any atom is 0.0974 e. The number of rotatable bonds is 3. The number of benzene rings is 1. The van der Waals surface area contributed by atoms with Crippen molar-refractivity contribution in [2.24, 2.45) is 5.92 Å². The molecule has 0 spiro atoms. The van der Waals surface area contributed by atoms with Crippen LogP contribution >= 0.6 is 11.6 Å². The first-order valence-electron chi connectivity index (χ1n) is 5.28. The van der Waals surface area contributed by atoms with E-state index < -0.39 is 6.10 Å². The SMILES string of the molecule is C/C(=C\[C@@H](O)c1ccc(Cl)cc1)C1CC1. The lowest BCUT2D eigenvalue weighted by molar-refractivity contribution is 0.227. The summed E-state index contributed by atoms with van der Waals surface area (Å²) in [4.78, 5) is 0. The normalized spacial score (nSPS) is 19.0. The van der Waals surface area contributed by atoms with Gasteiger partial charge in [-0.15, -0.1) is 0 Å². The van der Waals surface area contributed by atoms with Crippen molar-refractivity contribution in [3.63, 3.8) is 0 Å². The van der Waals surface area contributed by atoms with Gasteiger partial charge in [0.2, 0.25) is 0 Å². The summed E-state index contributed by atoms with van der Waals surface area (Å²) in [6.45, 7) is 2.09. The minimum atomic E-state index is -0.497. The molecule has 1 aliphatic rings. The van der Waals surface area contributed by atoms with Crippen LogP contribution in [0.2, 0.25) is 5.02 Å². The number of aliphatic hydroxyl groups is 1. The molecule has 1 aromatic carbocycles. The smallest absolute Gasteiger partial charge is 0.0974 e. The van der Waals surface area contributed by atoms with E-state index in [1.54, 1.807) is 12.1 Å². The third-order valence-corrected chi connectivity index (χ3v) is 3.11. The van der Waals surface area contributed by atoms with Gasteiger partial charge in [-0.25, -0.2) is 0 Å². The van der Waals surface area contributed by atoms with Gasteiger partial charge in [0, 0.05) is 5.02 Å². The molecule has 0 bridgehead atoms. The average Bonchev–Trinajstić information content (AvgIpc) is 3.01. The summed E-state index contributed by atoms with van der Waals surface area (Å²) in [6.07, 6.45) is 3.99. The highest BCUT2D eigenvalue weighted by Crippen LogP contribution is 2.37. The third kappa shape index (κ3) is 2.83. The highest BCUT2D eigenvalue weighted by molar-refractivity contribution is 6.30. The van der Waals surface area contributed by atoms with Crippen molar-refractivity contribution < 1.29 is 5.11 Å². The summed E-state index contributed by atoms with van der Waals surface area (Å²) in [5.41, 5.74) is 2.21. The first-order valence-corrected chi connectivity index (χ1v) is 5.66. The summed E-state index contributed by atoms with van der Waals surface area (Å²) in [6, 6.07) is 7.34. The summed E-state index contributed by atoms with van der Waals surface area (Å²) in [5.74, 6) is 0.715. The second kappa shape index (κ2) is 4.38. The monoisotopic (exact) mass is 222 g/mol. The van der Waals surface area contributed by atoms with Crippen LogP contribution in [0.3, 0.4) is 0 Å². The van der Waals surface area contributed by atoms with Crippen molar-refractivity contribution in [3.05, 3.63) is 46.5 Å². The molecule has 0 aliphatic heterocycles. The second-order valence-electron chi connectivity index (χ2n) is 4.18. The van der Waals surface area contributed by atoms with E-state index in [1.165, 1.54) is 18.4 Å². The van der Waals surface area contributed by atoms with Crippen LogP contribution in [0, 0.1) is 5.92 Å². The molecule has 2 heteroatoms. The molecule has 1 aliphatic carbocycles. The molecule has 0 radical (unpaired) electrons. The summed E-state index contributed by atoms with van der Waals surface area (Å²) < 4.78 is 0. The van der Waals surface area contributed by atoms with Gasteiger partial charge in [0.05, 0.1) is 6.10 Å². The molecule has 1 aromatic rings. The predicted molar refractivity (Wildman–Crippen MR) is 62.9 cm³/mol. The van der Waals surface area contributed by atoms with Gasteiger partial charge in [0.25, 0.3) is 0 Å². The lowest BCUT2D eigenvalue weighted by atomic mass is 10.1. The highest BCUT2D eigenvalue weighted by atomic mass is 35.5. The Morgan fingerprint density at radius 3 is 2.53 bits per heavy atom. The molecular formula is C13H15ClO.